The van der Waals surface area contributed by atoms with Crippen LogP contribution in [0.25, 0.3) is 0 Å². The number of allylic oxidation sites excluding steroid dienone is 1. The van der Waals surface area contributed by atoms with Crippen LogP contribution in [0, 0.1) is 22.0 Å². The van der Waals surface area contributed by atoms with E-state index >= 15 is 0 Å². The molecule has 0 radical (unpaired) electrons. The van der Waals surface area contributed by atoms with Crippen molar-refractivity contribution < 1.29 is 33.5 Å². The van der Waals surface area contributed by atoms with Crippen molar-refractivity contribution in [2.24, 2.45) is 11.8 Å². The highest BCUT2D eigenvalue weighted by Crippen LogP contribution is 2.49. The second-order valence-corrected chi connectivity index (χ2v) is 9.42. The molecule has 0 bridgehead atoms. The van der Waals surface area contributed by atoms with Crippen molar-refractivity contribution >= 4 is 17.6 Å². The van der Waals surface area contributed by atoms with Crippen molar-refractivity contribution in [3.8, 4) is 0 Å². The molecule has 2 heterocycles. The third-order valence-corrected chi connectivity index (χ3v) is 6.99. The van der Waals surface area contributed by atoms with E-state index in [2.05, 4.69) is 5.32 Å². The van der Waals surface area contributed by atoms with Crippen LogP contribution in [0.1, 0.15) is 46.1 Å². The SMILES string of the molecule is COC(=O)C1=C(C)NC(C)(C(C)C2COC(C)(C)O2)C(C(=O)OC)C1c1cccc([N+](=O)[O-])c1. The van der Waals surface area contributed by atoms with Crippen molar-refractivity contribution in [3.05, 3.63) is 51.2 Å². The summed E-state index contributed by atoms with van der Waals surface area (Å²) < 4.78 is 22.1. The van der Waals surface area contributed by atoms with E-state index in [0.29, 0.717) is 17.9 Å². The van der Waals surface area contributed by atoms with Crippen molar-refractivity contribution in [1.29, 1.82) is 0 Å². The standard InChI is InChI=1S/C24H32N2O8/c1-13(17-12-33-23(3,4)34-17)24(5)20(22(28)32-7)19(18(14(2)25-24)21(27)31-6)15-9-8-10-16(11-15)26(29)30/h8-11,13,17,19-20,25H,12H2,1-7H3. The number of hydrogen-bond acceptors (Lipinski definition) is 9. The number of nitrogens with zero attached hydrogens (tertiary/aromatic N) is 1. The van der Waals surface area contributed by atoms with Crippen LogP contribution in [-0.2, 0) is 28.5 Å². The Morgan fingerprint density at radius 1 is 1.24 bits per heavy atom. The van der Waals surface area contributed by atoms with Gasteiger partial charge in [-0.1, -0.05) is 19.1 Å². The summed E-state index contributed by atoms with van der Waals surface area (Å²) in [7, 11) is 2.53. The van der Waals surface area contributed by atoms with E-state index in [1.165, 1.54) is 32.4 Å². The van der Waals surface area contributed by atoms with E-state index in [0.717, 1.165) is 0 Å². The fourth-order valence-corrected chi connectivity index (χ4v) is 5.13. The van der Waals surface area contributed by atoms with Crippen LogP contribution in [0.5, 0.6) is 0 Å². The summed E-state index contributed by atoms with van der Waals surface area (Å²) in [6.07, 6.45) is -0.349. The van der Waals surface area contributed by atoms with Crippen LogP contribution in [0.4, 0.5) is 5.69 Å². The van der Waals surface area contributed by atoms with Gasteiger partial charge in [-0.3, -0.25) is 14.9 Å². The highest BCUT2D eigenvalue weighted by molar-refractivity contribution is 5.93. The van der Waals surface area contributed by atoms with E-state index in [1.54, 1.807) is 13.0 Å². The number of nitrogens with one attached hydrogen (secondary N) is 1. The van der Waals surface area contributed by atoms with Gasteiger partial charge in [0.25, 0.3) is 5.69 Å². The summed E-state index contributed by atoms with van der Waals surface area (Å²) in [5.74, 6) is -4.04. The first-order valence-corrected chi connectivity index (χ1v) is 11.1. The minimum Gasteiger partial charge on any atom is -0.469 e. The maximum Gasteiger partial charge on any atom is 0.336 e. The van der Waals surface area contributed by atoms with Gasteiger partial charge in [-0.2, -0.15) is 0 Å². The van der Waals surface area contributed by atoms with Crippen molar-refractivity contribution in [3.63, 3.8) is 0 Å². The summed E-state index contributed by atoms with van der Waals surface area (Å²) in [6, 6.07) is 5.94. The van der Waals surface area contributed by atoms with E-state index in [1.807, 2.05) is 27.7 Å². The molecule has 186 valence electrons. The minimum atomic E-state index is -0.960. The topological polar surface area (TPSA) is 126 Å². The van der Waals surface area contributed by atoms with Gasteiger partial charge in [0.2, 0.25) is 0 Å². The molecule has 1 N–H and O–H groups in total. The second-order valence-electron chi connectivity index (χ2n) is 9.42. The summed E-state index contributed by atoms with van der Waals surface area (Å²) in [6.45, 7) is 9.51. The average molecular weight is 477 g/mol. The Hall–Kier alpha value is -2.98. The number of methoxy groups -OCH3 is 2. The first-order valence-electron chi connectivity index (χ1n) is 11.1. The fourth-order valence-electron chi connectivity index (χ4n) is 5.13. The quantitative estimate of drug-likeness (QED) is 0.374. The van der Waals surface area contributed by atoms with Crippen LogP contribution in [0.15, 0.2) is 35.5 Å². The number of carbonyl (C=O) groups is 2. The number of nitro groups is 1. The zero-order chi connectivity index (χ0) is 25.4. The maximum atomic E-state index is 13.4. The molecule has 2 aliphatic rings. The summed E-state index contributed by atoms with van der Waals surface area (Å²) in [4.78, 5) is 37.2. The molecule has 0 spiro atoms. The van der Waals surface area contributed by atoms with Gasteiger partial charge in [0, 0.05) is 29.7 Å². The molecule has 1 fully saturated rings. The van der Waals surface area contributed by atoms with Crippen molar-refractivity contribution in [1.82, 2.24) is 5.32 Å². The Balaban J connectivity index is 2.22. The second kappa shape index (κ2) is 9.34. The van der Waals surface area contributed by atoms with Crippen LogP contribution in [0.3, 0.4) is 0 Å². The lowest BCUT2D eigenvalue weighted by Crippen LogP contribution is -2.63. The van der Waals surface area contributed by atoms with Crippen LogP contribution in [0.2, 0.25) is 0 Å². The van der Waals surface area contributed by atoms with Gasteiger partial charge in [-0.05, 0) is 33.3 Å². The third kappa shape index (κ3) is 4.52. The van der Waals surface area contributed by atoms with E-state index < -0.39 is 40.0 Å². The smallest absolute Gasteiger partial charge is 0.336 e. The number of rotatable bonds is 6. The normalized spacial score (nSPS) is 29.2. The molecule has 5 atom stereocenters. The summed E-state index contributed by atoms with van der Waals surface area (Å²) in [5, 5.41) is 14.9. The molecule has 1 saturated heterocycles. The van der Waals surface area contributed by atoms with E-state index in [9.17, 15) is 19.7 Å². The molecule has 1 aromatic carbocycles. The molecule has 3 rings (SSSR count). The molecule has 0 saturated carbocycles. The molecule has 5 unspecified atom stereocenters. The number of esters is 2. The summed E-state index contributed by atoms with van der Waals surface area (Å²) >= 11 is 0. The third-order valence-electron chi connectivity index (χ3n) is 6.99. The van der Waals surface area contributed by atoms with Crippen LogP contribution < -0.4 is 5.32 Å². The van der Waals surface area contributed by atoms with Crippen LogP contribution >= 0.6 is 0 Å². The molecule has 2 aliphatic heterocycles. The van der Waals surface area contributed by atoms with Crippen molar-refractivity contribution in [2.45, 2.75) is 58.0 Å². The number of carbonyl (C=O) groups excluding carboxylic acids is 2. The molecule has 0 aliphatic carbocycles. The highest BCUT2D eigenvalue weighted by Gasteiger charge is 2.57. The molecular weight excluding hydrogens is 444 g/mol. The number of non-ortho nitro benzene ring substituents is 1. The zero-order valence-corrected chi connectivity index (χ0v) is 20.5. The monoisotopic (exact) mass is 476 g/mol. The first-order chi connectivity index (χ1) is 15.9. The first kappa shape index (κ1) is 25.6. The predicted molar refractivity (Wildman–Crippen MR) is 122 cm³/mol. The number of benzene rings is 1. The lowest BCUT2D eigenvalue weighted by Gasteiger charge is -2.50. The molecule has 34 heavy (non-hydrogen) atoms. The van der Waals surface area contributed by atoms with Gasteiger partial charge < -0.3 is 24.3 Å². The van der Waals surface area contributed by atoms with Gasteiger partial charge in [-0.25, -0.2) is 4.79 Å². The lowest BCUT2D eigenvalue weighted by molar-refractivity contribution is -0.384. The van der Waals surface area contributed by atoms with Gasteiger partial charge in [-0.15, -0.1) is 0 Å². The number of ether oxygens (including phenoxy) is 4. The molecular formula is C24H32N2O8. The van der Waals surface area contributed by atoms with Crippen molar-refractivity contribution in [2.75, 3.05) is 20.8 Å². The van der Waals surface area contributed by atoms with Gasteiger partial charge in [0.15, 0.2) is 5.79 Å². The van der Waals surface area contributed by atoms with Gasteiger partial charge in [0.1, 0.15) is 0 Å². The maximum absolute atomic E-state index is 13.4. The Morgan fingerprint density at radius 2 is 1.91 bits per heavy atom. The predicted octanol–water partition coefficient (Wildman–Crippen LogP) is 3.06. The minimum absolute atomic E-state index is 0.148. The molecule has 10 nitrogen and oxygen atoms in total. The Morgan fingerprint density at radius 3 is 2.44 bits per heavy atom. The fraction of sp³-hybridized carbons (Fsp3) is 0.583. The number of hydrogen-bond donors (Lipinski definition) is 1. The Labute approximate surface area is 198 Å². The molecule has 10 heteroatoms. The average Bonchev–Trinajstić information content (AvgIpc) is 3.16. The summed E-state index contributed by atoms with van der Waals surface area (Å²) in [5.41, 5.74) is 0.0556. The van der Waals surface area contributed by atoms with Gasteiger partial charge in [0.05, 0.1) is 48.9 Å². The molecule has 0 amide bonds. The van der Waals surface area contributed by atoms with E-state index in [4.69, 9.17) is 18.9 Å². The molecule has 0 aromatic heterocycles. The lowest BCUT2D eigenvalue weighted by atomic mass is 9.62. The Kier molecular flexibility index (Phi) is 7.05. The van der Waals surface area contributed by atoms with Gasteiger partial charge >= 0.3 is 11.9 Å². The largest absolute Gasteiger partial charge is 0.469 e. The van der Waals surface area contributed by atoms with E-state index in [-0.39, 0.29) is 23.3 Å². The highest BCUT2D eigenvalue weighted by atomic mass is 16.7. The zero-order valence-electron chi connectivity index (χ0n) is 20.5. The molecule has 1 aromatic rings. The van der Waals surface area contributed by atoms with Crippen LogP contribution in [-0.4, -0.2) is 55.1 Å². The number of nitro benzene ring substituents is 1. The Bertz CT molecular complexity index is 1020.